The lowest BCUT2D eigenvalue weighted by molar-refractivity contribution is -0.129. The maximum Gasteiger partial charge on any atom is 0.233 e. The van der Waals surface area contributed by atoms with Gasteiger partial charge in [0.25, 0.3) is 0 Å². The molecule has 0 radical (unpaired) electrons. The molecule has 10 heteroatoms. The van der Waals surface area contributed by atoms with E-state index in [0.717, 1.165) is 12.0 Å². The molecule has 1 aromatic heterocycles. The number of benzene rings is 2. The molecule has 174 valence electrons. The molecule has 1 aliphatic rings. The van der Waals surface area contributed by atoms with Crippen molar-refractivity contribution >= 4 is 29.3 Å². The molecular formula is C23H25ClN4O4S. The van der Waals surface area contributed by atoms with E-state index in [1.807, 2.05) is 40.8 Å². The van der Waals surface area contributed by atoms with E-state index in [2.05, 4.69) is 10.2 Å². The Morgan fingerprint density at radius 1 is 1.09 bits per heavy atom. The van der Waals surface area contributed by atoms with E-state index >= 15 is 0 Å². The van der Waals surface area contributed by atoms with E-state index in [1.165, 1.54) is 17.3 Å². The molecule has 0 saturated carbocycles. The number of carbonyl (C=O) groups is 1. The molecule has 0 saturated heterocycles. The Balaban J connectivity index is 1.34. The molecule has 1 aliphatic heterocycles. The maximum absolute atomic E-state index is 12.9. The lowest BCUT2D eigenvalue weighted by Crippen LogP contribution is -2.37. The van der Waals surface area contributed by atoms with E-state index in [1.54, 1.807) is 26.4 Å². The first-order chi connectivity index (χ1) is 16.0. The molecule has 2 aromatic carbocycles. The summed E-state index contributed by atoms with van der Waals surface area (Å²) in [6.07, 6.45) is 0.777. The van der Waals surface area contributed by atoms with Crippen LogP contribution < -0.4 is 14.2 Å². The van der Waals surface area contributed by atoms with E-state index in [-0.39, 0.29) is 18.3 Å². The molecule has 0 aliphatic carbocycles. The van der Waals surface area contributed by atoms with Gasteiger partial charge in [-0.3, -0.25) is 4.79 Å². The Hall–Kier alpha value is -2.91. The standard InChI is InChI=1S/C23H25ClN4O4S/c1-27-21(13-32-18-7-5-4-6-17(18)24)25-26-23(27)33-14-22(29)28-9-8-15-10-19(30-2)20(31-3)11-16(15)12-28/h4-7,10-11H,8-9,12-14H2,1-3H3. The Kier molecular flexibility index (Phi) is 7.29. The summed E-state index contributed by atoms with van der Waals surface area (Å²) in [5, 5.41) is 9.59. The molecule has 33 heavy (non-hydrogen) atoms. The van der Waals surface area contributed by atoms with Crippen molar-refractivity contribution in [1.29, 1.82) is 0 Å². The third kappa shape index (κ3) is 5.20. The van der Waals surface area contributed by atoms with Gasteiger partial charge in [0.1, 0.15) is 12.4 Å². The van der Waals surface area contributed by atoms with Crippen LogP contribution in [0.15, 0.2) is 41.6 Å². The number of halogens is 1. The van der Waals surface area contributed by atoms with Gasteiger partial charge in [-0.05, 0) is 41.8 Å². The van der Waals surface area contributed by atoms with Crippen molar-refractivity contribution in [3.8, 4) is 17.2 Å². The van der Waals surface area contributed by atoms with Gasteiger partial charge in [-0.1, -0.05) is 35.5 Å². The highest BCUT2D eigenvalue weighted by Gasteiger charge is 2.23. The van der Waals surface area contributed by atoms with Gasteiger partial charge in [0.2, 0.25) is 5.91 Å². The number of hydrogen-bond donors (Lipinski definition) is 0. The molecule has 0 N–H and O–H groups in total. The first-order valence-electron chi connectivity index (χ1n) is 10.4. The van der Waals surface area contributed by atoms with Gasteiger partial charge in [-0.2, -0.15) is 0 Å². The molecule has 1 amide bonds. The minimum Gasteiger partial charge on any atom is -0.493 e. The van der Waals surface area contributed by atoms with Crippen LogP contribution in [0.3, 0.4) is 0 Å². The fourth-order valence-electron chi connectivity index (χ4n) is 3.61. The fraction of sp³-hybridized carbons (Fsp3) is 0.348. The number of thioether (sulfide) groups is 1. The van der Waals surface area contributed by atoms with Crippen molar-refractivity contribution in [3.05, 3.63) is 58.4 Å². The van der Waals surface area contributed by atoms with Gasteiger partial charge in [0.05, 0.1) is 25.0 Å². The number of para-hydroxylation sites is 1. The van der Waals surface area contributed by atoms with Gasteiger partial charge in [0.15, 0.2) is 22.5 Å². The van der Waals surface area contributed by atoms with Crippen LogP contribution in [0.2, 0.25) is 5.02 Å². The predicted molar refractivity (Wildman–Crippen MR) is 126 cm³/mol. The number of carbonyl (C=O) groups excluding carboxylic acids is 1. The van der Waals surface area contributed by atoms with E-state index < -0.39 is 0 Å². The first kappa shape index (κ1) is 23.3. The highest BCUT2D eigenvalue weighted by Crippen LogP contribution is 2.33. The second kappa shape index (κ2) is 10.4. The van der Waals surface area contributed by atoms with Crippen LogP contribution in [0, 0.1) is 0 Å². The van der Waals surface area contributed by atoms with Crippen molar-refractivity contribution in [3.63, 3.8) is 0 Å². The zero-order valence-electron chi connectivity index (χ0n) is 18.7. The van der Waals surface area contributed by atoms with Gasteiger partial charge in [0, 0.05) is 20.1 Å². The zero-order chi connectivity index (χ0) is 23.4. The van der Waals surface area contributed by atoms with Gasteiger partial charge < -0.3 is 23.7 Å². The number of rotatable bonds is 8. The average molecular weight is 489 g/mol. The number of ether oxygens (including phenoxy) is 3. The molecule has 0 spiro atoms. The van der Waals surface area contributed by atoms with Crippen molar-refractivity contribution in [2.45, 2.75) is 24.7 Å². The number of hydrogen-bond acceptors (Lipinski definition) is 7. The van der Waals surface area contributed by atoms with Crippen LogP contribution in [-0.2, 0) is 31.4 Å². The molecule has 4 rings (SSSR count). The van der Waals surface area contributed by atoms with Crippen LogP contribution in [0.25, 0.3) is 0 Å². The van der Waals surface area contributed by atoms with E-state index in [0.29, 0.717) is 46.3 Å². The number of amides is 1. The highest BCUT2D eigenvalue weighted by atomic mass is 35.5. The molecule has 8 nitrogen and oxygen atoms in total. The Bertz CT molecular complexity index is 1150. The average Bonchev–Trinajstić information content (AvgIpc) is 3.19. The first-order valence-corrected chi connectivity index (χ1v) is 11.8. The Morgan fingerprint density at radius 3 is 2.55 bits per heavy atom. The molecule has 3 aromatic rings. The zero-order valence-corrected chi connectivity index (χ0v) is 20.3. The topological polar surface area (TPSA) is 78.7 Å². The smallest absolute Gasteiger partial charge is 0.233 e. The van der Waals surface area contributed by atoms with Crippen LogP contribution in [0.1, 0.15) is 17.0 Å². The largest absolute Gasteiger partial charge is 0.493 e. The minimum atomic E-state index is 0.0531. The summed E-state index contributed by atoms with van der Waals surface area (Å²) in [5.41, 5.74) is 2.26. The van der Waals surface area contributed by atoms with Crippen molar-refractivity contribution in [2.24, 2.45) is 7.05 Å². The summed E-state index contributed by atoms with van der Waals surface area (Å²) in [5.74, 6) is 2.95. The summed E-state index contributed by atoms with van der Waals surface area (Å²) in [6, 6.07) is 11.2. The van der Waals surface area contributed by atoms with E-state index in [4.69, 9.17) is 25.8 Å². The van der Waals surface area contributed by atoms with Crippen molar-refractivity contribution in [2.75, 3.05) is 26.5 Å². The summed E-state index contributed by atoms with van der Waals surface area (Å²) < 4.78 is 18.4. The summed E-state index contributed by atoms with van der Waals surface area (Å²) in [6.45, 7) is 1.44. The van der Waals surface area contributed by atoms with Crippen LogP contribution in [0.5, 0.6) is 17.2 Å². The van der Waals surface area contributed by atoms with E-state index in [9.17, 15) is 4.79 Å². The normalized spacial score (nSPS) is 12.9. The van der Waals surface area contributed by atoms with Crippen molar-refractivity contribution in [1.82, 2.24) is 19.7 Å². The number of nitrogens with zero attached hydrogens (tertiary/aromatic N) is 4. The monoisotopic (exact) mass is 488 g/mol. The summed E-state index contributed by atoms with van der Waals surface area (Å²) in [7, 11) is 5.09. The predicted octanol–water partition coefficient (Wildman–Crippen LogP) is 3.74. The quantitative estimate of drug-likeness (QED) is 0.447. The molecule has 0 fully saturated rings. The summed E-state index contributed by atoms with van der Waals surface area (Å²) >= 11 is 7.49. The lowest BCUT2D eigenvalue weighted by Gasteiger charge is -2.29. The third-order valence-corrected chi connectivity index (χ3v) is 6.83. The molecular weight excluding hydrogens is 464 g/mol. The lowest BCUT2D eigenvalue weighted by atomic mass is 9.99. The number of aromatic nitrogens is 3. The fourth-order valence-corrected chi connectivity index (χ4v) is 4.64. The van der Waals surface area contributed by atoms with Crippen LogP contribution in [0.4, 0.5) is 0 Å². The molecule has 0 bridgehead atoms. The maximum atomic E-state index is 12.9. The second-order valence-corrected chi connectivity index (χ2v) is 8.86. The minimum absolute atomic E-state index is 0.0531. The summed E-state index contributed by atoms with van der Waals surface area (Å²) in [4.78, 5) is 14.7. The van der Waals surface area contributed by atoms with Crippen LogP contribution >= 0.6 is 23.4 Å². The molecule has 0 atom stereocenters. The number of methoxy groups -OCH3 is 2. The van der Waals surface area contributed by atoms with Gasteiger partial charge >= 0.3 is 0 Å². The Labute approximate surface area is 201 Å². The Morgan fingerprint density at radius 2 is 1.82 bits per heavy atom. The van der Waals surface area contributed by atoms with Crippen LogP contribution in [-0.4, -0.2) is 52.1 Å². The van der Waals surface area contributed by atoms with Gasteiger partial charge in [-0.15, -0.1) is 10.2 Å². The number of fused-ring (bicyclic) bond motifs is 1. The molecule has 0 unspecified atom stereocenters. The second-order valence-electron chi connectivity index (χ2n) is 7.51. The van der Waals surface area contributed by atoms with Gasteiger partial charge in [-0.25, -0.2) is 0 Å². The SMILES string of the molecule is COc1cc2c(cc1OC)CN(C(=O)CSc1nnc(COc3ccccc3Cl)n1C)CC2. The molecule has 2 heterocycles. The third-order valence-electron chi connectivity index (χ3n) is 5.51. The van der Waals surface area contributed by atoms with Crippen molar-refractivity contribution < 1.29 is 19.0 Å². The highest BCUT2D eigenvalue weighted by molar-refractivity contribution is 7.99.